The van der Waals surface area contributed by atoms with Crippen LogP contribution in [0.15, 0.2) is 218 Å². The van der Waals surface area contributed by atoms with Gasteiger partial charge in [0, 0.05) is 11.8 Å². The molecule has 9 aromatic rings. The average molecular weight is 715 g/mol. The minimum atomic E-state index is 0.220. The average Bonchev–Trinajstić information content (AvgIpc) is 3.59. The summed E-state index contributed by atoms with van der Waals surface area (Å²) in [6.07, 6.45) is 1.92. The van der Waals surface area contributed by atoms with Crippen LogP contribution >= 0.6 is 0 Å². The molecule has 0 spiro atoms. The van der Waals surface area contributed by atoms with Crippen molar-refractivity contribution in [3.63, 3.8) is 0 Å². The highest BCUT2D eigenvalue weighted by molar-refractivity contribution is 5.96. The lowest BCUT2D eigenvalue weighted by molar-refractivity contribution is 0.805. The Balaban J connectivity index is 0.907. The molecule has 0 amide bonds. The van der Waals surface area contributed by atoms with Crippen LogP contribution in [0.1, 0.15) is 45.2 Å². The van der Waals surface area contributed by atoms with Crippen molar-refractivity contribution >= 4 is 10.8 Å². The van der Waals surface area contributed by atoms with Gasteiger partial charge in [-0.3, -0.25) is 0 Å². The van der Waals surface area contributed by atoms with E-state index in [1.807, 2.05) is 0 Å². The normalized spacial score (nSPS) is 12.6. The Bertz CT molecular complexity index is 2700. The molecule has 0 N–H and O–H groups in total. The number of benzene rings is 9. The Morgan fingerprint density at radius 2 is 0.768 bits per heavy atom. The minimum absolute atomic E-state index is 0.220. The Kier molecular flexibility index (Phi) is 8.94. The van der Waals surface area contributed by atoms with Crippen molar-refractivity contribution in [1.82, 2.24) is 0 Å². The predicted molar refractivity (Wildman–Crippen MR) is 236 cm³/mol. The number of fused-ring (bicyclic) bond motifs is 4. The zero-order chi connectivity index (χ0) is 37.3. The lowest BCUT2D eigenvalue weighted by atomic mass is 9.84. The van der Waals surface area contributed by atoms with Gasteiger partial charge in [-0.15, -0.1) is 0 Å². The van der Waals surface area contributed by atoms with Gasteiger partial charge in [-0.25, -0.2) is 0 Å². The molecule has 0 nitrogen and oxygen atoms in total. The van der Waals surface area contributed by atoms with Gasteiger partial charge in [0.1, 0.15) is 0 Å². The highest BCUT2D eigenvalue weighted by atomic mass is 14.3. The van der Waals surface area contributed by atoms with Crippen LogP contribution in [-0.4, -0.2) is 0 Å². The van der Waals surface area contributed by atoms with E-state index < -0.39 is 0 Å². The van der Waals surface area contributed by atoms with Crippen LogP contribution in [0.25, 0.3) is 55.3 Å². The van der Waals surface area contributed by atoms with Gasteiger partial charge in [-0.1, -0.05) is 218 Å². The van der Waals surface area contributed by atoms with Crippen molar-refractivity contribution in [2.24, 2.45) is 0 Å². The first-order valence-corrected chi connectivity index (χ1v) is 19.9. The minimum Gasteiger partial charge on any atom is -0.0622 e. The van der Waals surface area contributed by atoms with Crippen molar-refractivity contribution in [3.05, 3.63) is 252 Å². The molecule has 0 fully saturated rings. The predicted octanol–water partition coefficient (Wildman–Crippen LogP) is 14.6. The van der Waals surface area contributed by atoms with Crippen molar-refractivity contribution in [1.29, 1.82) is 0 Å². The van der Waals surface area contributed by atoms with Crippen LogP contribution in [0, 0.1) is 0 Å². The molecule has 1 aliphatic carbocycles. The summed E-state index contributed by atoms with van der Waals surface area (Å²) >= 11 is 0. The molecular weight excluding hydrogens is 673 g/mol. The van der Waals surface area contributed by atoms with E-state index in [-0.39, 0.29) is 5.92 Å². The molecule has 1 atom stereocenters. The van der Waals surface area contributed by atoms with Crippen LogP contribution in [0.4, 0.5) is 0 Å². The van der Waals surface area contributed by atoms with Gasteiger partial charge in [-0.2, -0.15) is 0 Å². The molecule has 10 rings (SSSR count). The van der Waals surface area contributed by atoms with Crippen LogP contribution < -0.4 is 0 Å². The molecule has 266 valence electrons. The molecule has 0 saturated heterocycles. The molecule has 0 bridgehead atoms. The van der Waals surface area contributed by atoms with Crippen molar-refractivity contribution in [2.45, 2.75) is 24.7 Å². The van der Waals surface area contributed by atoms with Gasteiger partial charge < -0.3 is 0 Å². The third kappa shape index (κ3) is 6.54. The summed E-state index contributed by atoms with van der Waals surface area (Å²) < 4.78 is 0. The van der Waals surface area contributed by atoms with Crippen molar-refractivity contribution in [2.75, 3.05) is 0 Å². The molecule has 0 aliphatic heterocycles. The number of hydrogen-bond donors (Lipinski definition) is 0. The molecule has 0 radical (unpaired) electrons. The molecule has 0 saturated carbocycles. The maximum absolute atomic E-state index is 2.34. The molecule has 0 aromatic heterocycles. The van der Waals surface area contributed by atoms with Gasteiger partial charge in [0.15, 0.2) is 0 Å². The zero-order valence-electron chi connectivity index (χ0n) is 31.4. The van der Waals surface area contributed by atoms with Gasteiger partial charge in [-0.05, 0) is 102 Å². The molecule has 0 heterocycles. The summed E-state index contributed by atoms with van der Waals surface area (Å²) in [5.74, 6) is 0.613. The summed E-state index contributed by atoms with van der Waals surface area (Å²) in [6.45, 7) is 0. The van der Waals surface area contributed by atoms with Gasteiger partial charge >= 0.3 is 0 Å². The third-order valence-electron chi connectivity index (χ3n) is 11.9. The van der Waals surface area contributed by atoms with Gasteiger partial charge in [0.2, 0.25) is 0 Å². The summed E-state index contributed by atoms with van der Waals surface area (Å²) in [7, 11) is 0. The van der Waals surface area contributed by atoms with E-state index in [0.29, 0.717) is 5.92 Å². The summed E-state index contributed by atoms with van der Waals surface area (Å²) in [5, 5.41) is 2.56. The van der Waals surface area contributed by atoms with Crippen molar-refractivity contribution in [3.8, 4) is 44.5 Å². The van der Waals surface area contributed by atoms with E-state index in [4.69, 9.17) is 0 Å². The Morgan fingerprint density at radius 3 is 1.39 bits per heavy atom. The first kappa shape index (κ1) is 33.8. The standard InChI is InChI=1S/C56H42/c1-2-11-41(12-3-1)44-29-31-47(32-30-44)55(48-35-33-46(34-36-48)50-20-10-14-45-13-4-5-15-49(45)50)37-39-21-25-42(26-22-39)43-27-23-40(24-28-43)38-56-53-18-8-6-16-51(53)52-17-7-9-19-54(52)56/h1-36,55-56H,37-38H2. The van der Waals surface area contributed by atoms with E-state index in [2.05, 4.69) is 218 Å². The molecule has 1 unspecified atom stereocenters. The zero-order valence-corrected chi connectivity index (χ0v) is 31.4. The van der Waals surface area contributed by atoms with Crippen LogP contribution in [-0.2, 0) is 12.8 Å². The second kappa shape index (κ2) is 14.8. The third-order valence-corrected chi connectivity index (χ3v) is 11.9. The molecule has 1 aliphatic rings. The Hall–Kier alpha value is -6.76. The fraction of sp³-hybridized carbons (Fsp3) is 0.0714. The molecule has 0 heteroatoms. The van der Waals surface area contributed by atoms with E-state index in [1.54, 1.807) is 0 Å². The quantitative estimate of drug-likeness (QED) is 0.140. The second-order valence-electron chi connectivity index (χ2n) is 15.2. The maximum Gasteiger partial charge on any atom is 0.0142 e. The fourth-order valence-electron chi connectivity index (χ4n) is 8.96. The van der Waals surface area contributed by atoms with E-state index in [1.165, 1.54) is 88.7 Å². The smallest absolute Gasteiger partial charge is 0.0142 e. The van der Waals surface area contributed by atoms with Crippen LogP contribution in [0.2, 0.25) is 0 Å². The van der Waals surface area contributed by atoms with Crippen LogP contribution in [0.5, 0.6) is 0 Å². The number of hydrogen-bond acceptors (Lipinski definition) is 0. The topological polar surface area (TPSA) is 0 Å². The van der Waals surface area contributed by atoms with E-state index in [9.17, 15) is 0 Å². The van der Waals surface area contributed by atoms with Crippen molar-refractivity contribution < 1.29 is 0 Å². The molecule has 9 aromatic carbocycles. The lowest BCUT2D eigenvalue weighted by Crippen LogP contribution is -2.05. The first-order valence-electron chi connectivity index (χ1n) is 19.9. The maximum atomic E-state index is 2.34. The molecular formula is C56H42. The highest BCUT2D eigenvalue weighted by Crippen LogP contribution is 2.46. The summed E-state index contributed by atoms with van der Waals surface area (Å²) in [5.41, 5.74) is 18.5. The number of rotatable bonds is 9. The summed E-state index contributed by atoms with van der Waals surface area (Å²) in [6, 6.07) is 80.7. The Morgan fingerprint density at radius 1 is 0.321 bits per heavy atom. The molecule has 56 heavy (non-hydrogen) atoms. The van der Waals surface area contributed by atoms with E-state index >= 15 is 0 Å². The SMILES string of the molecule is c1ccc(-c2ccc(C(Cc3ccc(-c4ccc(CC5c6ccccc6-c6ccccc65)cc4)cc3)c3ccc(-c4cccc5ccccc45)cc3)cc2)cc1. The van der Waals surface area contributed by atoms with Crippen LogP contribution in [0.3, 0.4) is 0 Å². The lowest BCUT2D eigenvalue weighted by Gasteiger charge is -2.20. The monoisotopic (exact) mass is 714 g/mol. The largest absolute Gasteiger partial charge is 0.0622 e. The van der Waals surface area contributed by atoms with Gasteiger partial charge in [0.05, 0.1) is 0 Å². The van der Waals surface area contributed by atoms with Gasteiger partial charge in [0.25, 0.3) is 0 Å². The summed E-state index contributed by atoms with van der Waals surface area (Å²) in [4.78, 5) is 0. The fourth-order valence-corrected chi connectivity index (χ4v) is 8.96. The van der Waals surface area contributed by atoms with E-state index in [0.717, 1.165) is 12.8 Å². The first-order chi connectivity index (χ1) is 27.7. The Labute approximate surface area is 330 Å². The highest BCUT2D eigenvalue weighted by Gasteiger charge is 2.28. The second-order valence-corrected chi connectivity index (χ2v) is 15.2.